The van der Waals surface area contributed by atoms with E-state index in [1.54, 1.807) is 0 Å². The second-order valence-corrected chi connectivity index (χ2v) is 8.89. The van der Waals surface area contributed by atoms with E-state index in [1.807, 2.05) is 0 Å². The zero-order valence-corrected chi connectivity index (χ0v) is 19.3. The van der Waals surface area contributed by atoms with Gasteiger partial charge in [-0.05, 0) is 56.6 Å². The Hall–Kier alpha value is -3.66. The Bertz CT molecular complexity index is 1310. The number of benzene rings is 4. The van der Waals surface area contributed by atoms with Crippen molar-refractivity contribution in [3.05, 3.63) is 83.9 Å². The Morgan fingerprint density at radius 2 is 1.00 bits per heavy atom. The number of fused-ring (bicyclic) bond motifs is 2. The minimum atomic E-state index is 0.708. The molecule has 0 atom stereocenters. The number of rotatable bonds is 7. The summed E-state index contributed by atoms with van der Waals surface area (Å²) in [4.78, 5) is 9.05. The van der Waals surface area contributed by atoms with Crippen molar-refractivity contribution in [3.63, 3.8) is 0 Å². The predicted molar refractivity (Wildman–Crippen MR) is 140 cm³/mol. The third-order valence-corrected chi connectivity index (χ3v) is 6.79. The number of nitrogens with zero attached hydrogens (tertiary/aromatic N) is 2. The van der Waals surface area contributed by atoms with Crippen LogP contribution in [0.5, 0.6) is 0 Å². The highest BCUT2D eigenvalue weighted by Crippen LogP contribution is 2.40. The van der Waals surface area contributed by atoms with Crippen LogP contribution >= 0.6 is 0 Å². The van der Waals surface area contributed by atoms with Gasteiger partial charge in [-0.1, -0.05) is 72.8 Å². The largest absolute Gasteiger partial charge is 0.479 e. The molecule has 0 saturated carbocycles. The zero-order valence-electron chi connectivity index (χ0n) is 19.3. The molecule has 0 aromatic heterocycles. The van der Waals surface area contributed by atoms with E-state index in [0.29, 0.717) is 13.2 Å². The van der Waals surface area contributed by atoms with E-state index >= 15 is 0 Å². The molecule has 0 N–H and O–H groups in total. The summed E-state index contributed by atoms with van der Waals surface area (Å²) in [5.74, 6) is 1.77. The molecule has 0 radical (unpaired) electrons. The summed E-state index contributed by atoms with van der Waals surface area (Å²) >= 11 is 0. The average molecular weight is 449 g/mol. The Balaban J connectivity index is 1.53. The monoisotopic (exact) mass is 448 g/mol. The van der Waals surface area contributed by atoms with E-state index < -0.39 is 0 Å². The molecule has 4 nitrogen and oxygen atoms in total. The molecule has 0 amide bonds. The van der Waals surface area contributed by atoms with Crippen molar-refractivity contribution in [2.75, 3.05) is 26.3 Å². The first kappa shape index (κ1) is 20.9. The fraction of sp³-hybridized carbons (Fsp3) is 0.267. The molecule has 6 rings (SSSR count). The van der Waals surface area contributed by atoms with Crippen LogP contribution in [0.1, 0.15) is 24.0 Å². The molecule has 4 aromatic carbocycles. The fourth-order valence-electron chi connectivity index (χ4n) is 5.19. The maximum absolute atomic E-state index is 5.72. The molecule has 34 heavy (non-hydrogen) atoms. The first-order valence-corrected chi connectivity index (χ1v) is 12.2. The number of ether oxygens (including phenoxy) is 2. The van der Waals surface area contributed by atoms with Crippen LogP contribution in [0.3, 0.4) is 0 Å². The summed E-state index contributed by atoms with van der Waals surface area (Å²) in [6.07, 6.45) is 3.46. The SMILES string of the molecule is c1ccc2c(-c3c(CCC4=NCCO4)ccc4ccccc34)c(CCC3=NCCO3)ccc2c1. The summed E-state index contributed by atoms with van der Waals surface area (Å²) in [7, 11) is 0. The van der Waals surface area contributed by atoms with Gasteiger partial charge in [-0.3, -0.25) is 9.98 Å². The Labute approximate surface area is 200 Å². The lowest BCUT2D eigenvalue weighted by Gasteiger charge is -2.19. The third-order valence-electron chi connectivity index (χ3n) is 6.79. The van der Waals surface area contributed by atoms with Crippen LogP contribution in [0.15, 0.2) is 82.8 Å². The van der Waals surface area contributed by atoms with Crippen molar-refractivity contribution in [2.45, 2.75) is 25.7 Å². The quantitative estimate of drug-likeness (QED) is 0.329. The van der Waals surface area contributed by atoms with Gasteiger partial charge in [-0.15, -0.1) is 0 Å². The summed E-state index contributed by atoms with van der Waals surface area (Å²) in [6, 6.07) is 26.5. The maximum atomic E-state index is 5.72. The van der Waals surface area contributed by atoms with E-state index in [-0.39, 0.29) is 0 Å². The number of hydrogen-bond acceptors (Lipinski definition) is 4. The standard InChI is InChI=1S/C30H28N2O2/c1-3-7-25-21(5-1)9-11-23(13-15-27-31-17-19-33-27)29(25)30-24(14-16-28-32-18-20-34-28)12-10-22-6-2-4-8-26(22)30/h1-12H,13-20H2. The van der Waals surface area contributed by atoms with Gasteiger partial charge in [0.15, 0.2) is 11.8 Å². The Kier molecular flexibility index (Phi) is 5.72. The molecule has 2 heterocycles. The zero-order chi connectivity index (χ0) is 22.7. The Morgan fingerprint density at radius 1 is 0.529 bits per heavy atom. The lowest BCUT2D eigenvalue weighted by atomic mass is 9.85. The van der Waals surface area contributed by atoms with E-state index in [0.717, 1.165) is 50.6 Å². The first-order chi connectivity index (χ1) is 16.9. The number of aliphatic imine (C=N–C) groups is 2. The molecule has 0 unspecified atom stereocenters. The van der Waals surface area contributed by atoms with Gasteiger partial charge in [-0.2, -0.15) is 0 Å². The third kappa shape index (κ3) is 4.05. The van der Waals surface area contributed by atoms with Gasteiger partial charge in [0, 0.05) is 12.8 Å². The molecule has 0 aliphatic carbocycles. The van der Waals surface area contributed by atoms with Crippen LogP contribution in [0.4, 0.5) is 0 Å². The van der Waals surface area contributed by atoms with Gasteiger partial charge >= 0.3 is 0 Å². The van der Waals surface area contributed by atoms with E-state index in [2.05, 4.69) is 82.8 Å². The second kappa shape index (κ2) is 9.30. The number of aryl methyl sites for hydroxylation is 2. The molecule has 0 spiro atoms. The van der Waals surface area contributed by atoms with Gasteiger partial charge in [0.25, 0.3) is 0 Å². The van der Waals surface area contributed by atoms with Crippen molar-refractivity contribution < 1.29 is 9.47 Å². The summed E-state index contributed by atoms with van der Waals surface area (Å²) < 4.78 is 11.4. The Morgan fingerprint density at radius 3 is 1.44 bits per heavy atom. The van der Waals surface area contributed by atoms with Crippen molar-refractivity contribution >= 4 is 33.3 Å². The molecule has 170 valence electrons. The lowest BCUT2D eigenvalue weighted by molar-refractivity contribution is 0.338. The molecule has 2 aliphatic rings. The minimum absolute atomic E-state index is 0.708. The lowest BCUT2D eigenvalue weighted by Crippen LogP contribution is -2.05. The summed E-state index contributed by atoms with van der Waals surface area (Å²) in [6.45, 7) is 2.97. The van der Waals surface area contributed by atoms with Crippen molar-refractivity contribution in [2.24, 2.45) is 9.98 Å². The molecule has 0 bridgehead atoms. The highest BCUT2D eigenvalue weighted by Gasteiger charge is 2.19. The van der Waals surface area contributed by atoms with Crippen molar-refractivity contribution in [1.82, 2.24) is 0 Å². The van der Waals surface area contributed by atoms with Crippen LogP contribution in [-0.4, -0.2) is 38.1 Å². The average Bonchev–Trinajstić information content (AvgIpc) is 3.60. The first-order valence-electron chi connectivity index (χ1n) is 12.2. The van der Waals surface area contributed by atoms with Gasteiger partial charge < -0.3 is 9.47 Å². The topological polar surface area (TPSA) is 43.2 Å². The van der Waals surface area contributed by atoms with Crippen LogP contribution in [0.25, 0.3) is 32.7 Å². The van der Waals surface area contributed by atoms with Crippen LogP contribution < -0.4 is 0 Å². The van der Waals surface area contributed by atoms with Gasteiger partial charge in [0.1, 0.15) is 13.2 Å². The normalized spacial score (nSPS) is 15.3. The van der Waals surface area contributed by atoms with Gasteiger partial charge in [-0.25, -0.2) is 0 Å². The smallest absolute Gasteiger partial charge is 0.183 e. The van der Waals surface area contributed by atoms with Gasteiger partial charge in [0.2, 0.25) is 0 Å². The van der Waals surface area contributed by atoms with E-state index in [9.17, 15) is 0 Å². The molecule has 4 aromatic rings. The van der Waals surface area contributed by atoms with Crippen molar-refractivity contribution in [3.8, 4) is 11.1 Å². The molecule has 0 saturated heterocycles. The highest BCUT2D eigenvalue weighted by molar-refractivity contribution is 6.08. The van der Waals surface area contributed by atoms with Crippen LogP contribution in [0, 0.1) is 0 Å². The molecule has 4 heteroatoms. The highest BCUT2D eigenvalue weighted by atomic mass is 16.5. The summed E-state index contributed by atoms with van der Waals surface area (Å²) in [5.41, 5.74) is 5.34. The number of hydrogen-bond donors (Lipinski definition) is 0. The molecular formula is C30H28N2O2. The molecular weight excluding hydrogens is 420 g/mol. The van der Waals surface area contributed by atoms with E-state index in [4.69, 9.17) is 9.47 Å². The van der Waals surface area contributed by atoms with Crippen molar-refractivity contribution in [1.29, 1.82) is 0 Å². The van der Waals surface area contributed by atoms with Crippen LogP contribution in [-0.2, 0) is 22.3 Å². The maximum Gasteiger partial charge on any atom is 0.183 e. The fourth-order valence-corrected chi connectivity index (χ4v) is 5.19. The van der Waals surface area contributed by atoms with E-state index in [1.165, 1.54) is 43.8 Å². The molecule has 0 fully saturated rings. The predicted octanol–water partition coefficient (Wildman–Crippen LogP) is 6.38. The summed E-state index contributed by atoms with van der Waals surface area (Å²) in [5, 5.41) is 5.11. The van der Waals surface area contributed by atoms with Crippen LogP contribution in [0.2, 0.25) is 0 Å². The molecule has 2 aliphatic heterocycles. The minimum Gasteiger partial charge on any atom is -0.479 e. The second-order valence-electron chi connectivity index (χ2n) is 8.89. The van der Waals surface area contributed by atoms with Gasteiger partial charge in [0.05, 0.1) is 13.1 Å².